The van der Waals surface area contributed by atoms with E-state index >= 15 is 0 Å². The fourth-order valence-electron chi connectivity index (χ4n) is 2.22. The molecular formula is C17H14BrNO3. The Morgan fingerprint density at radius 1 is 1.23 bits per heavy atom. The first-order valence-corrected chi connectivity index (χ1v) is 7.52. The van der Waals surface area contributed by atoms with Crippen LogP contribution in [0.4, 0.5) is 5.69 Å². The Bertz CT molecular complexity index is 854. The van der Waals surface area contributed by atoms with Gasteiger partial charge in [-0.25, -0.2) is 0 Å². The number of carbonyl (C=O) groups is 1. The number of benzene rings is 2. The molecular weight excluding hydrogens is 346 g/mol. The molecule has 0 radical (unpaired) electrons. The molecule has 0 unspecified atom stereocenters. The van der Waals surface area contributed by atoms with Gasteiger partial charge in [0.05, 0.1) is 7.11 Å². The summed E-state index contributed by atoms with van der Waals surface area (Å²) in [6, 6.07) is 12.9. The van der Waals surface area contributed by atoms with E-state index in [9.17, 15) is 4.79 Å². The van der Waals surface area contributed by atoms with E-state index in [-0.39, 0.29) is 11.7 Å². The number of methoxy groups -OCH3 is 1. The minimum absolute atomic E-state index is 0.250. The quantitative estimate of drug-likeness (QED) is 0.732. The molecule has 0 spiro atoms. The lowest BCUT2D eigenvalue weighted by atomic mass is 10.2. The third-order valence-corrected chi connectivity index (χ3v) is 4.26. The van der Waals surface area contributed by atoms with Crippen LogP contribution in [-0.2, 0) is 0 Å². The van der Waals surface area contributed by atoms with Gasteiger partial charge in [0.15, 0.2) is 17.1 Å². The largest absolute Gasteiger partial charge is 0.493 e. The normalized spacial score (nSPS) is 10.7. The molecule has 1 amide bonds. The van der Waals surface area contributed by atoms with Crippen LogP contribution in [0.25, 0.3) is 11.0 Å². The van der Waals surface area contributed by atoms with Crippen molar-refractivity contribution in [2.45, 2.75) is 6.92 Å². The Morgan fingerprint density at radius 3 is 2.77 bits per heavy atom. The van der Waals surface area contributed by atoms with Crippen LogP contribution in [0.3, 0.4) is 0 Å². The number of carbonyl (C=O) groups excluding carboxylic acids is 1. The Hall–Kier alpha value is -2.27. The second kappa shape index (κ2) is 5.85. The van der Waals surface area contributed by atoms with Gasteiger partial charge in [0, 0.05) is 15.5 Å². The number of amides is 1. The molecule has 0 saturated carbocycles. The average molecular weight is 360 g/mol. The van der Waals surface area contributed by atoms with Gasteiger partial charge in [0.2, 0.25) is 0 Å². The number of nitrogens with one attached hydrogen (secondary N) is 1. The molecule has 3 rings (SSSR count). The number of hydrogen-bond acceptors (Lipinski definition) is 3. The van der Waals surface area contributed by atoms with Crippen molar-refractivity contribution in [2.75, 3.05) is 12.4 Å². The summed E-state index contributed by atoms with van der Waals surface area (Å²) in [5, 5.41) is 3.66. The van der Waals surface area contributed by atoms with E-state index in [0.717, 1.165) is 21.1 Å². The van der Waals surface area contributed by atoms with Crippen molar-refractivity contribution in [1.82, 2.24) is 0 Å². The van der Waals surface area contributed by atoms with Crippen LogP contribution in [0, 0.1) is 6.92 Å². The smallest absolute Gasteiger partial charge is 0.291 e. The molecule has 0 bridgehead atoms. The summed E-state index contributed by atoms with van der Waals surface area (Å²) in [6.07, 6.45) is 0. The van der Waals surface area contributed by atoms with Gasteiger partial charge >= 0.3 is 0 Å². The third-order valence-electron chi connectivity index (χ3n) is 3.37. The SMILES string of the molecule is COc1cccc2cc(C(=O)Nc3ccc(Br)c(C)c3)oc12. The molecule has 0 atom stereocenters. The Labute approximate surface area is 136 Å². The summed E-state index contributed by atoms with van der Waals surface area (Å²) in [4.78, 5) is 12.3. The number of halogens is 1. The summed E-state index contributed by atoms with van der Waals surface area (Å²) in [5.74, 6) is 0.566. The zero-order valence-corrected chi connectivity index (χ0v) is 13.7. The highest BCUT2D eigenvalue weighted by atomic mass is 79.9. The number of rotatable bonds is 3. The molecule has 5 heteroatoms. The summed E-state index contributed by atoms with van der Waals surface area (Å²) in [6.45, 7) is 1.96. The molecule has 1 N–H and O–H groups in total. The topological polar surface area (TPSA) is 51.5 Å². The minimum Gasteiger partial charge on any atom is -0.493 e. The number of para-hydroxylation sites is 1. The van der Waals surface area contributed by atoms with E-state index in [2.05, 4.69) is 21.2 Å². The minimum atomic E-state index is -0.292. The van der Waals surface area contributed by atoms with Crippen LogP contribution >= 0.6 is 15.9 Å². The zero-order valence-electron chi connectivity index (χ0n) is 12.1. The number of anilines is 1. The molecule has 112 valence electrons. The van der Waals surface area contributed by atoms with Crippen molar-refractivity contribution in [3.8, 4) is 5.75 Å². The lowest BCUT2D eigenvalue weighted by molar-refractivity contribution is 0.0998. The lowest BCUT2D eigenvalue weighted by Gasteiger charge is -2.05. The highest BCUT2D eigenvalue weighted by Gasteiger charge is 2.15. The lowest BCUT2D eigenvalue weighted by Crippen LogP contribution is -2.10. The van der Waals surface area contributed by atoms with Crippen molar-refractivity contribution in [2.24, 2.45) is 0 Å². The van der Waals surface area contributed by atoms with E-state index in [1.165, 1.54) is 0 Å². The van der Waals surface area contributed by atoms with Gasteiger partial charge in [0.25, 0.3) is 5.91 Å². The second-order valence-corrected chi connectivity index (χ2v) is 5.76. The predicted octanol–water partition coefficient (Wildman–Crippen LogP) is 4.76. The molecule has 0 aliphatic carbocycles. The summed E-state index contributed by atoms with van der Waals surface area (Å²) >= 11 is 3.43. The van der Waals surface area contributed by atoms with Crippen molar-refractivity contribution < 1.29 is 13.9 Å². The fourth-order valence-corrected chi connectivity index (χ4v) is 2.47. The highest BCUT2D eigenvalue weighted by molar-refractivity contribution is 9.10. The number of fused-ring (bicyclic) bond motifs is 1. The number of ether oxygens (including phenoxy) is 1. The van der Waals surface area contributed by atoms with Crippen molar-refractivity contribution in [3.63, 3.8) is 0 Å². The molecule has 0 aliphatic rings. The number of furan rings is 1. The molecule has 0 saturated heterocycles. The van der Waals surface area contributed by atoms with Crippen LogP contribution in [0.5, 0.6) is 5.75 Å². The van der Waals surface area contributed by atoms with Gasteiger partial charge in [-0.1, -0.05) is 28.1 Å². The van der Waals surface area contributed by atoms with Crippen LogP contribution < -0.4 is 10.1 Å². The first-order chi connectivity index (χ1) is 10.6. The monoisotopic (exact) mass is 359 g/mol. The predicted molar refractivity (Wildman–Crippen MR) is 89.6 cm³/mol. The first kappa shape index (κ1) is 14.7. The standard InChI is InChI=1S/C17H14BrNO3/c1-10-8-12(6-7-13(10)18)19-17(20)15-9-11-4-3-5-14(21-2)16(11)22-15/h3-9H,1-2H3,(H,19,20). The third kappa shape index (κ3) is 2.72. The summed E-state index contributed by atoms with van der Waals surface area (Å²) in [5.41, 5.74) is 2.34. The zero-order chi connectivity index (χ0) is 15.7. The Kier molecular flexibility index (Phi) is 3.90. The van der Waals surface area contributed by atoms with Crippen LogP contribution in [-0.4, -0.2) is 13.0 Å². The highest BCUT2D eigenvalue weighted by Crippen LogP contribution is 2.29. The van der Waals surface area contributed by atoms with E-state index < -0.39 is 0 Å². The van der Waals surface area contributed by atoms with Crippen LogP contribution in [0.15, 0.2) is 51.4 Å². The molecule has 2 aromatic carbocycles. The molecule has 1 heterocycles. The second-order valence-electron chi connectivity index (χ2n) is 4.91. The van der Waals surface area contributed by atoms with Gasteiger partial charge in [-0.15, -0.1) is 0 Å². The molecule has 1 aromatic heterocycles. The van der Waals surface area contributed by atoms with Crippen molar-refractivity contribution in [3.05, 3.63) is 58.3 Å². The molecule has 0 fully saturated rings. The van der Waals surface area contributed by atoms with E-state index in [1.807, 2.05) is 37.3 Å². The molecule has 4 nitrogen and oxygen atoms in total. The molecule has 22 heavy (non-hydrogen) atoms. The summed E-state index contributed by atoms with van der Waals surface area (Å²) < 4.78 is 11.9. The Balaban J connectivity index is 1.90. The molecule has 0 aliphatic heterocycles. The summed E-state index contributed by atoms with van der Waals surface area (Å²) in [7, 11) is 1.57. The average Bonchev–Trinajstić information content (AvgIpc) is 2.95. The van der Waals surface area contributed by atoms with Gasteiger partial charge in [-0.05, 0) is 42.8 Å². The maximum absolute atomic E-state index is 12.3. The van der Waals surface area contributed by atoms with Gasteiger partial charge < -0.3 is 14.5 Å². The first-order valence-electron chi connectivity index (χ1n) is 6.72. The van der Waals surface area contributed by atoms with E-state index in [1.54, 1.807) is 19.2 Å². The molecule has 3 aromatic rings. The van der Waals surface area contributed by atoms with Crippen LogP contribution in [0.2, 0.25) is 0 Å². The fraction of sp³-hybridized carbons (Fsp3) is 0.118. The number of aryl methyl sites for hydroxylation is 1. The van der Waals surface area contributed by atoms with E-state index in [0.29, 0.717) is 11.3 Å². The number of hydrogen-bond donors (Lipinski definition) is 1. The maximum Gasteiger partial charge on any atom is 0.291 e. The van der Waals surface area contributed by atoms with E-state index in [4.69, 9.17) is 9.15 Å². The van der Waals surface area contributed by atoms with Crippen LogP contribution in [0.1, 0.15) is 16.1 Å². The van der Waals surface area contributed by atoms with Crippen molar-refractivity contribution in [1.29, 1.82) is 0 Å². The maximum atomic E-state index is 12.3. The van der Waals surface area contributed by atoms with Crippen molar-refractivity contribution >= 4 is 38.5 Å². The van der Waals surface area contributed by atoms with Gasteiger partial charge in [-0.2, -0.15) is 0 Å². The van der Waals surface area contributed by atoms with Gasteiger partial charge in [0.1, 0.15) is 0 Å². The Morgan fingerprint density at radius 2 is 2.05 bits per heavy atom. The van der Waals surface area contributed by atoms with Gasteiger partial charge in [-0.3, -0.25) is 4.79 Å².